The summed E-state index contributed by atoms with van der Waals surface area (Å²) in [5.41, 5.74) is 0. The summed E-state index contributed by atoms with van der Waals surface area (Å²) in [6, 6.07) is 0. The van der Waals surface area contributed by atoms with Gasteiger partial charge in [-0.25, -0.2) is 9.13 Å². The highest BCUT2D eigenvalue weighted by Crippen LogP contribution is 2.45. The first-order valence-electron chi connectivity index (χ1n) is 42.1. The van der Waals surface area contributed by atoms with E-state index in [0.717, 1.165) is 167 Å². The third-order valence-electron chi connectivity index (χ3n) is 17.3. The number of esters is 4. The Morgan fingerprint density at radius 2 is 0.500 bits per heavy atom. The van der Waals surface area contributed by atoms with Crippen molar-refractivity contribution in [2.45, 2.75) is 354 Å². The molecule has 0 fully saturated rings. The Hall–Kier alpha value is -5.06. The molecule has 19 heteroatoms. The van der Waals surface area contributed by atoms with Crippen LogP contribution in [-0.4, -0.2) is 96.7 Å². The average Bonchev–Trinajstić information content (AvgIpc) is 0.900. The molecular formula is C89H150O17P2. The predicted octanol–water partition coefficient (Wildman–Crippen LogP) is 25.0. The number of phosphoric acid groups is 2. The number of carbonyl (C=O) groups excluding carboxylic acids is 4. The van der Waals surface area contributed by atoms with Gasteiger partial charge in [-0.2, -0.15) is 0 Å². The van der Waals surface area contributed by atoms with E-state index in [1.165, 1.54) is 83.5 Å². The molecule has 0 aromatic heterocycles. The maximum Gasteiger partial charge on any atom is 0.472 e. The first kappa shape index (κ1) is 103. The number of aliphatic hydroxyl groups excluding tert-OH is 1. The number of unbranched alkanes of at least 4 members (excludes halogenated alkanes) is 28. The van der Waals surface area contributed by atoms with Crippen LogP contribution in [0.5, 0.6) is 0 Å². The van der Waals surface area contributed by atoms with Crippen molar-refractivity contribution < 1.29 is 80.2 Å². The van der Waals surface area contributed by atoms with E-state index in [4.69, 9.17) is 37.0 Å². The summed E-state index contributed by atoms with van der Waals surface area (Å²) >= 11 is 0. The van der Waals surface area contributed by atoms with Crippen molar-refractivity contribution in [1.29, 1.82) is 0 Å². The Morgan fingerprint density at radius 1 is 0.269 bits per heavy atom. The Bertz CT molecular complexity index is 2610. The molecule has 618 valence electrons. The van der Waals surface area contributed by atoms with Gasteiger partial charge in [0.05, 0.1) is 26.4 Å². The first-order valence-corrected chi connectivity index (χ1v) is 45.1. The summed E-state index contributed by atoms with van der Waals surface area (Å²) in [5.74, 6) is -2.32. The van der Waals surface area contributed by atoms with E-state index in [2.05, 4.69) is 155 Å². The van der Waals surface area contributed by atoms with E-state index in [-0.39, 0.29) is 25.7 Å². The Balaban J connectivity index is 5.49. The van der Waals surface area contributed by atoms with Crippen LogP contribution in [0.2, 0.25) is 0 Å². The van der Waals surface area contributed by atoms with Crippen LogP contribution in [0.25, 0.3) is 0 Å². The van der Waals surface area contributed by atoms with Gasteiger partial charge in [0, 0.05) is 25.7 Å². The molecule has 0 aliphatic carbocycles. The fourth-order valence-electron chi connectivity index (χ4n) is 10.9. The zero-order valence-corrected chi connectivity index (χ0v) is 69.5. The summed E-state index contributed by atoms with van der Waals surface area (Å²) in [6.07, 6.45) is 92.5. The Kier molecular flexibility index (Phi) is 76.3. The van der Waals surface area contributed by atoms with Crippen molar-refractivity contribution in [1.82, 2.24) is 0 Å². The second kappa shape index (κ2) is 80.0. The van der Waals surface area contributed by atoms with Gasteiger partial charge in [0.1, 0.15) is 19.3 Å². The lowest BCUT2D eigenvalue weighted by Crippen LogP contribution is -2.30. The van der Waals surface area contributed by atoms with Gasteiger partial charge in [0.15, 0.2) is 12.2 Å². The van der Waals surface area contributed by atoms with Gasteiger partial charge in [0.25, 0.3) is 0 Å². The monoisotopic (exact) mass is 1550 g/mol. The minimum Gasteiger partial charge on any atom is -0.462 e. The first-order chi connectivity index (χ1) is 52.7. The SMILES string of the molecule is CC/C=C\C/C=C\C/C=C\C/C=C\C/C=C\CCCCCC(=O)O[C@H](COC(=O)CC/C=C\C/C=C\C/C=C\C/C=C\C/C=C\CCCCC)COP(=O)(O)OC[C@@H](O)COP(=O)(O)OC[C@@H](COC(=O)CCCCCCC/C=C\CCCCCCCC)OC(=O)CCCCCCCCC/C=C\CCCCCC. The van der Waals surface area contributed by atoms with Gasteiger partial charge in [-0.1, -0.05) is 296 Å². The minimum absolute atomic E-state index is 0.0260. The number of phosphoric ester groups is 2. The highest BCUT2D eigenvalue weighted by molar-refractivity contribution is 7.47. The molecule has 3 N–H and O–H groups in total. The summed E-state index contributed by atoms with van der Waals surface area (Å²) < 4.78 is 68.6. The van der Waals surface area contributed by atoms with Crippen LogP contribution in [-0.2, 0) is 65.4 Å². The average molecular weight is 1550 g/mol. The molecular weight excluding hydrogens is 1400 g/mol. The van der Waals surface area contributed by atoms with Gasteiger partial charge in [0.2, 0.25) is 0 Å². The molecule has 2 unspecified atom stereocenters. The molecule has 0 rings (SSSR count). The number of carbonyl (C=O) groups is 4. The maximum absolute atomic E-state index is 13.1. The van der Waals surface area contributed by atoms with Gasteiger partial charge >= 0.3 is 39.5 Å². The molecule has 0 aromatic rings. The lowest BCUT2D eigenvalue weighted by atomic mass is 10.1. The maximum atomic E-state index is 13.1. The van der Waals surface area contributed by atoms with Crippen molar-refractivity contribution in [2.24, 2.45) is 0 Å². The highest BCUT2D eigenvalue weighted by atomic mass is 31.2. The van der Waals surface area contributed by atoms with Gasteiger partial charge in [-0.3, -0.25) is 37.3 Å². The normalized spacial score (nSPS) is 14.5. The van der Waals surface area contributed by atoms with Crippen LogP contribution in [0.3, 0.4) is 0 Å². The van der Waals surface area contributed by atoms with E-state index in [9.17, 15) is 43.2 Å². The minimum atomic E-state index is -5.01. The van der Waals surface area contributed by atoms with E-state index in [0.29, 0.717) is 32.1 Å². The molecule has 5 atom stereocenters. The zero-order valence-electron chi connectivity index (χ0n) is 67.7. The van der Waals surface area contributed by atoms with Gasteiger partial charge in [-0.15, -0.1) is 0 Å². The lowest BCUT2D eigenvalue weighted by molar-refractivity contribution is -0.161. The number of aliphatic hydroxyl groups is 1. The number of rotatable bonds is 78. The Morgan fingerprint density at radius 3 is 0.843 bits per heavy atom. The number of hydrogen-bond acceptors (Lipinski definition) is 15. The molecule has 17 nitrogen and oxygen atoms in total. The van der Waals surface area contributed by atoms with Gasteiger partial charge < -0.3 is 33.8 Å². The van der Waals surface area contributed by atoms with Gasteiger partial charge in [-0.05, 0) is 161 Å². The lowest BCUT2D eigenvalue weighted by Gasteiger charge is -2.21. The van der Waals surface area contributed by atoms with Crippen LogP contribution in [0.1, 0.15) is 336 Å². The van der Waals surface area contributed by atoms with Crippen molar-refractivity contribution in [3.8, 4) is 0 Å². The highest BCUT2D eigenvalue weighted by Gasteiger charge is 2.30. The van der Waals surface area contributed by atoms with Crippen LogP contribution < -0.4 is 0 Å². The quantitative estimate of drug-likeness (QED) is 0.0169. The fourth-order valence-corrected chi connectivity index (χ4v) is 12.4. The standard InChI is InChI=1S/C89H150O17P2/c1-5-9-13-17-21-25-29-33-37-39-41-43-47-50-54-58-62-66-70-74-87(92)100-80-85(106-89(94)76-72-68-64-60-56-52-48-44-42-40-38-34-30-26-22-18-14-10-6-2)82-104-108(97,98)102-78-83(90)77-101-107(95,96)103-81-84(105-88(93)75-71-67-63-59-55-51-46-36-32-28-24-20-16-12-8-4)79-99-86(91)73-69-65-61-57-53-49-45-35-31-27-23-19-15-11-7-3/h10,14,21-22,25-26,28,32-35,37-38,41-45,50,52,54,56,62,66,83-85,90H,5-9,11-13,15-20,23-24,27,29-31,36,39-40,46-49,51,53,55,57-61,63-65,67-82H2,1-4H3,(H,95,96)(H,97,98)/b14-10-,25-21-,26-22-,32-28-,37-33-,38-34-,43-41-,44-42-,45-35-,54-50-,56-52-,66-62-/t83-,84+,85+/m0/s1. The molecule has 0 saturated carbocycles. The number of hydrogen-bond donors (Lipinski definition) is 3. The summed E-state index contributed by atoms with van der Waals surface area (Å²) in [5, 5.41) is 10.7. The third-order valence-corrected chi connectivity index (χ3v) is 19.2. The zero-order chi connectivity index (χ0) is 78.9. The predicted molar refractivity (Wildman–Crippen MR) is 445 cm³/mol. The molecule has 0 bridgehead atoms. The van der Waals surface area contributed by atoms with E-state index in [1.807, 2.05) is 18.2 Å². The molecule has 0 aliphatic rings. The van der Waals surface area contributed by atoms with Crippen molar-refractivity contribution in [3.05, 3.63) is 146 Å². The van der Waals surface area contributed by atoms with Crippen molar-refractivity contribution in [3.63, 3.8) is 0 Å². The van der Waals surface area contributed by atoms with Crippen LogP contribution in [0.15, 0.2) is 146 Å². The summed E-state index contributed by atoms with van der Waals surface area (Å²) in [4.78, 5) is 73.1. The van der Waals surface area contributed by atoms with Crippen molar-refractivity contribution >= 4 is 39.5 Å². The number of allylic oxidation sites excluding steroid dienone is 24. The molecule has 0 spiro atoms. The van der Waals surface area contributed by atoms with E-state index < -0.39 is 97.5 Å². The van der Waals surface area contributed by atoms with Crippen LogP contribution in [0.4, 0.5) is 0 Å². The topological polar surface area (TPSA) is 237 Å². The second-order valence-electron chi connectivity index (χ2n) is 27.7. The largest absolute Gasteiger partial charge is 0.472 e. The van der Waals surface area contributed by atoms with E-state index in [1.54, 1.807) is 0 Å². The molecule has 0 heterocycles. The molecule has 0 aromatic carbocycles. The molecule has 0 amide bonds. The number of ether oxygens (including phenoxy) is 4. The van der Waals surface area contributed by atoms with Crippen LogP contribution >= 0.6 is 15.6 Å². The molecule has 0 aliphatic heterocycles. The summed E-state index contributed by atoms with van der Waals surface area (Å²) in [7, 11) is -10.0. The van der Waals surface area contributed by atoms with E-state index >= 15 is 0 Å². The Labute approximate surface area is 656 Å². The van der Waals surface area contributed by atoms with Crippen molar-refractivity contribution in [2.75, 3.05) is 39.6 Å². The molecule has 0 radical (unpaired) electrons. The van der Waals surface area contributed by atoms with Crippen LogP contribution in [0, 0.1) is 0 Å². The summed E-state index contributed by atoms with van der Waals surface area (Å²) in [6.45, 7) is 4.61. The molecule has 0 saturated heterocycles. The molecule has 108 heavy (non-hydrogen) atoms. The smallest absolute Gasteiger partial charge is 0.462 e. The second-order valence-corrected chi connectivity index (χ2v) is 30.6. The third kappa shape index (κ3) is 79.0. The fraction of sp³-hybridized carbons (Fsp3) is 0.685.